The molecular weight excluding hydrogens is 254 g/mol. The lowest BCUT2D eigenvalue weighted by atomic mass is 9.75. The number of nitrogens with zero attached hydrogens (tertiary/aromatic N) is 2. The largest absolute Gasteiger partial charge is 0.458 e. The number of esters is 1. The Labute approximate surface area is 120 Å². The van der Waals surface area contributed by atoms with Crippen LogP contribution in [0.2, 0.25) is 0 Å². The first-order chi connectivity index (χ1) is 9.51. The van der Waals surface area contributed by atoms with Gasteiger partial charge >= 0.3 is 5.97 Å². The number of carbonyl (C=O) groups is 1. The van der Waals surface area contributed by atoms with Crippen molar-refractivity contribution in [1.29, 1.82) is 5.26 Å². The third-order valence-electron chi connectivity index (χ3n) is 4.36. The Morgan fingerprint density at radius 3 is 2.85 bits per heavy atom. The first-order valence-corrected chi connectivity index (χ1v) is 7.44. The molecule has 4 atom stereocenters. The van der Waals surface area contributed by atoms with Gasteiger partial charge in [-0.05, 0) is 30.6 Å². The van der Waals surface area contributed by atoms with E-state index < -0.39 is 6.04 Å². The highest BCUT2D eigenvalue weighted by atomic mass is 16.5. The van der Waals surface area contributed by atoms with E-state index in [9.17, 15) is 4.79 Å². The zero-order valence-corrected chi connectivity index (χ0v) is 12.4. The van der Waals surface area contributed by atoms with E-state index in [1.54, 1.807) is 0 Å². The molecule has 1 heterocycles. The molecular formula is C15H23N3O2. The Balaban J connectivity index is 1.96. The van der Waals surface area contributed by atoms with Gasteiger partial charge < -0.3 is 4.74 Å². The van der Waals surface area contributed by atoms with Gasteiger partial charge in [-0.2, -0.15) is 10.4 Å². The maximum atomic E-state index is 12.1. The summed E-state index contributed by atoms with van der Waals surface area (Å²) in [5, 5.41) is 12.7. The van der Waals surface area contributed by atoms with Crippen LogP contribution in [0.5, 0.6) is 0 Å². The average Bonchev–Trinajstić information content (AvgIpc) is 2.87. The maximum Gasteiger partial charge on any atom is 0.354 e. The van der Waals surface area contributed by atoms with Crippen molar-refractivity contribution in [2.45, 2.75) is 58.6 Å². The van der Waals surface area contributed by atoms with Crippen molar-refractivity contribution in [2.24, 2.45) is 22.9 Å². The van der Waals surface area contributed by atoms with Gasteiger partial charge in [-0.1, -0.05) is 27.2 Å². The zero-order valence-electron chi connectivity index (χ0n) is 12.4. The fourth-order valence-electron chi connectivity index (χ4n) is 3.10. The monoisotopic (exact) mass is 277 g/mol. The number of rotatable bonds is 3. The van der Waals surface area contributed by atoms with Crippen LogP contribution in [-0.4, -0.2) is 23.8 Å². The second-order valence-corrected chi connectivity index (χ2v) is 6.34. The molecule has 0 radical (unpaired) electrons. The van der Waals surface area contributed by atoms with Crippen LogP contribution in [0.3, 0.4) is 0 Å². The minimum Gasteiger partial charge on any atom is -0.458 e. The molecule has 3 unspecified atom stereocenters. The smallest absolute Gasteiger partial charge is 0.354 e. The molecule has 5 heteroatoms. The van der Waals surface area contributed by atoms with Gasteiger partial charge in [0.15, 0.2) is 0 Å². The summed E-state index contributed by atoms with van der Waals surface area (Å²) >= 11 is 0. The van der Waals surface area contributed by atoms with E-state index in [2.05, 4.69) is 37.4 Å². The lowest BCUT2D eigenvalue weighted by molar-refractivity contribution is -0.147. The molecule has 0 amide bonds. The van der Waals surface area contributed by atoms with Crippen molar-refractivity contribution in [1.82, 2.24) is 5.43 Å². The highest BCUT2D eigenvalue weighted by Gasteiger charge is 2.35. The van der Waals surface area contributed by atoms with Gasteiger partial charge in [0, 0.05) is 6.42 Å². The highest BCUT2D eigenvalue weighted by molar-refractivity contribution is 6.37. The number of hydrogen-bond acceptors (Lipinski definition) is 5. The van der Waals surface area contributed by atoms with Crippen molar-refractivity contribution in [2.75, 3.05) is 0 Å². The minimum absolute atomic E-state index is 0.0184. The van der Waals surface area contributed by atoms with Crippen molar-refractivity contribution >= 4 is 11.7 Å². The number of nitrogens with one attached hydrogen (secondary N) is 1. The summed E-state index contributed by atoms with van der Waals surface area (Å²) in [6.07, 6.45) is 3.56. The Morgan fingerprint density at radius 1 is 1.50 bits per heavy atom. The number of nitriles is 1. The molecule has 20 heavy (non-hydrogen) atoms. The molecule has 0 spiro atoms. The highest BCUT2D eigenvalue weighted by Crippen LogP contribution is 2.35. The molecule has 2 rings (SSSR count). The molecule has 0 saturated heterocycles. The van der Waals surface area contributed by atoms with Gasteiger partial charge in [0.1, 0.15) is 17.9 Å². The fraction of sp³-hybridized carbons (Fsp3) is 0.800. The first-order valence-electron chi connectivity index (χ1n) is 7.44. The third-order valence-corrected chi connectivity index (χ3v) is 4.36. The van der Waals surface area contributed by atoms with Crippen LogP contribution >= 0.6 is 0 Å². The first kappa shape index (κ1) is 14.8. The van der Waals surface area contributed by atoms with Crippen LogP contribution in [0.4, 0.5) is 0 Å². The van der Waals surface area contributed by atoms with E-state index in [4.69, 9.17) is 10.00 Å². The van der Waals surface area contributed by atoms with E-state index in [-0.39, 0.29) is 12.1 Å². The Kier molecular flexibility index (Phi) is 4.64. The van der Waals surface area contributed by atoms with Crippen LogP contribution in [0, 0.1) is 29.1 Å². The minimum atomic E-state index is -0.399. The molecule has 1 N–H and O–H groups in total. The van der Waals surface area contributed by atoms with Gasteiger partial charge in [-0.25, -0.2) is 4.79 Å². The molecule has 0 aromatic carbocycles. The van der Waals surface area contributed by atoms with E-state index in [0.717, 1.165) is 12.8 Å². The second kappa shape index (κ2) is 6.25. The van der Waals surface area contributed by atoms with Crippen LogP contribution in [0.15, 0.2) is 5.10 Å². The average molecular weight is 277 g/mol. The molecule has 110 valence electrons. The molecule has 0 bridgehead atoms. The van der Waals surface area contributed by atoms with Crippen molar-refractivity contribution in [3.8, 4) is 6.07 Å². The lowest BCUT2D eigenvalue weighted by Gasteiger charge is -2.36. The number of hydrazone groups is 1. The fourth-order valence-corrected chi connectivity index (χ4v) is 3.10. The summed E-state index contributed by atoms with van der Waals surface area (Å²) in [6.45, 7) is 6.57. The van der Waals surface area contributed by atoms with Crippen LogP contribution < -0.4 is 5.43 Å². The summed E-state index contributed by atoms with van der Waals surface area (Å²) in [5.74, 6) is 1.17. The molecule has 1 saturated carbocycles. The quantitative estimate of drug-likeness (QED) is 0.803. The van der Waals surface area contributed by atoms with E-state index >= 15 is 0 Å². The molecule has 1 aliphatic heterocycles. The van der Waals surface area contributed by atoms with E-state index in [1.807, 2.05) is 0 Å². The molecule has 2 aliphatic rings. The predicted octanol–water partition coefficient (Wildman–Crippen LogP) is 2.23. The number of carbonyl (C=O) groups excluding carboxylic acids is 1. The molecule has 1 aliphatic carbocycles. The lowest BCUT2D eigenvalue weighted by Crippen LogP contribution is -2.37. The molecule has 1 fully saturated rings. The van der Waals surface area contributed by atoms with Crippen LogP contribution in [-0.2, 0) is 9.53 Å². The SMILES string of the molecule is CC1CCC(C(C)C)C(OC(=O)C2=NN[C@@H](C#N)C2)C1. The summed E-state index contributed by atoms with van der Waals surface area (Å²) < 4.78 is 5.69. The normalized spacial score (nSPS) is 33.2. The molecule has 0 aromatic rings. The summed E-state index contributed by atoms with van der Waals surface area (Å²) in [5.41, 5.74) is 2.99. The van der Waals surface area contributed by atoms with Gasteiger partial charge in [0.25, 0.3) is 0 Å². The Morgan fingerprint density at radius 2 is 2.25 bits per heavy atom. The Hall–Kier alpha value is -1.57. The van der Waals surface area contributed by atoms with Crippen molar-refractivity contribution in [3.63, 3.8) is 0 Å². The summed E-state index contributed by atoms with van der Waals surface area (Å²) in [7, 11) is 0. The predicted molar refractivity (Wildman–Crippen MR) is 75.8 cm³/mol. The number of ether oxygens (including phenoxy) is 1. The topological polar surface area (TPSA) is 74.5 Å². The van der Waals surface area contributed by atoms with Crippen LogP contribution in [0.1, 0.15) is 46.5 Å². The van der Waals surface area contributed by atoms with Gasteiger partial charge in [0.05, 0.1) is 6.07 Å². The third kappa shape index (κ3) is 3.30. The summed E-state index contributed by atoms with van der Waals surface area (Å²) in [6, 6.07) is 1.65. The molecule has 0 aromatic heterocycles. The Bertz CT molecular complexity index is 439. The van der Waals surface area contributed by atoms with Crippen LogP contribution in [0.25, 0.3) is 0 Å². The van der Waals surface area contributed by atoms with E-state index in [0.29, 0.717) is 29.9 Å². The summed E-state index contributed by atoms with van der Waals surface area (Å²) in [4.78, 5) is 12.1. The molecule has 5 nitrogen and oxygen atoms in total. The van der Waals surface area contributed by atoms with E-state index in [1.165, 1.54) is 6.42 Å². The van der Waals surface area contributed by atoms with Gasteiger partial charge in [0.2, 0.25) is 0 Å². The van der Waals surface area contributed by atoms with Crippen molar-refractivity contribution < 1.29 is 9.53 Å². The standard InChI is InChI=1S/C15H23N3O2/c1-9(2)12-5-4-10(3)6-14(12)20-15(19)13-7-11(8-16)17-18-13/h9-12,14,17H,4-7H2,1-3H3/t10?,11-,12?,14?/m1/s1. The maximum absolute atomic E-state index is 12.1. The number of hydrogen-bond donors (Lipinski definition) is 1. The second-order valence-electron chi connectivity index (χ2n) is 6.34. The van der Waals surface area contributed by atoms with Gasteiger partial charge in [-0.15, -0.1) is 0 Å². The van der Waals surface area contributed by atoms with Crippen molar-refractivity contribution in [3.05, 3.63) is 0 Å². The van der Waals surface area contributed by atoms with Gasteiger partial charge in [-0.3, -0.25) is 5.43 Å². The zero-order chi connectivity index (χ0) is 14.7.